The van der Waals surface area contributed by atoms with Crippen LogP contribution in [0.25, 0.3) is 0 Å². The van der Waals surface area contributed by atoms with Gasteiger partial charge in [-0.2, -0.15) is 0 Å². The van der Waals surface area contributed by atoms with Gasteiger partial charge in [-0.3, -0.25) is 14.5 Å². The van der Waals surface area contributed by atoms with Crippen LogP contribution in [0.1, 0.15) is 51.7 Å². The summed E-state index contributed by atoms with van der Waals surface area (Å²) in [6.07, 6.45) is 2.07. The van der Waals surface area contributed by atoms with Gasteiger partial charge in [0.05, 0.1) is 5.60 Å². The van der Waals surface area contributed by atoms with E-state index in [0.717, 1.165) is 30.6 Å². The first-order valence-electron chi connectivity index (χ1n) is 12.9. The molecule has 1 unspecified atom stereocenters. The molecule has 9 heteroatoms. The Morgan fingerprint density at radius 2 is 1.95 bits per heavy atom. The number of nitrogens with one attached hydrogen (secondary N) is 1. The summed E-state index contributed by atoms with van der Waals surface area (Å²) in [5.74, 6) is 4.34. The fourth-order valence-corrected chi connectivity index (χ4v) is 6.60. The molecule has 2 heterocycles. The van der Waals surface area contributed by atoms with Crippen molar-refractivity contribution in [1.29, 1.82) is 0 Å². The third-order valence-electron chi connectivity index (χ3n) is 8.69. The number of phenols is 1. The highest BCUT2D eigenvalue weighted by molar-refractivity contribution is 5.94. The zero-order valence-corrected chi connectivity index (χ0v) is 21.6. The first kappa shape index (κ1) is 25.8. The Hall–Kier alpha value is -3.82. The molecule has 3 aromatic rings. The number of carbonyl (C=O) groups excluding carboxylic acids is 1. The van der Waals surface area contributed by atoms with Gasteiger partial charge in [-0.05, 0) is 73.7 Å². The molecule has 9 nitrogen and oxygen atoms in total. The van der Waals surface area contributed by atoms with Crippen molar-refractivity contribution >= 4 is 5.91 Å². The Kier molecular flexibility index (Phi) is 6.66. The molecule has 5 rings (SSSR count). The van der Waals surface area contributed by atoms with Crippen molar-refractivity contribution in [1.82, 2.24) is 9.88 Å². The van der Waals surface area contributed by atoms with Gasteiger partial charge >= 0.3 is 5.91 Å². The van der Waals surface area contributed by atoms with Gasteiger partial charge in [0.15, 0.2) is 0 Å². The fourth-order valence-electron chi connectivity index (χ4n) is 6.60. The Morgan fingerprint density at radius 1 is 1.18 bits per heavy atom. The van der Waals surface area contributed by atoms with Crippen LogP contribution in [0.2, 0.25) is 0 Å². The second kappa shape index (κ2) is 9.81. The molecule has 5 N–H and O–H groups in total. The average molecular weight is 516 g/mol. The van der Waals surface area contributed by atoms with E-state index in [1.54, 1.807) is 12.1 Å². The standard InChI is InChI=1S/C29H33N5O4/c1-18-8-9-22(35)15-24(18)28-11-13-34(12-10-20-6-4-3-5-7-20)19(2)29(28,38)16-21-14-23(27(37)32-33-30)26(36)31-25(21)17-28/h3-9,14-15,19,35,38H,10-13,16-17H2,1-2H3,(H,31,36)(H2,30,32,37)/t19?,28-,29-/m1/s1. The molecular weight excluding hydrogens is 482 g/mol. The topological polar surface area (TPSA) is 144 Å². The molecule has 0 spiro atoms. The number of phenolic OH excluding ortho intramolecular Hbond substituents is 1. The molecule has 1 aliphatic carbocycles. The number of piperidine rings is 1. The number of aromatic nitrogens is 1. The molecule has 1 fully saturated rings. The van der Waals surface area contributed by atoms with Crippen molar-refractivity contribution in [2.75, 3.05) is 13.1 Å². The molecule has 3 atom stereocenters. The minimum atomic E-state index is -1.25. The summed E-state index contributed by atoms with van der Waals surface area (Å²) in [5, 5.41) is 29.5. The number of aromatic amines is 1. The van der Waals surface area contributed by atoms with Gasteiger partial charge in [0.2, 0.25) is 0 Å². The highest BCUT2D eigenvalue weighted by atomic mass is 16.3. The van der Waals surface area contributed by atoms with Gasteiger partial charge < -0.3 is 21.0 Å². The Morgan fingerprint density at radius 3 is 2.68 bits per heavy atom. The summed E-state index contributed by atoms with van der Waals surface area (Å²) in [7, 11) is 0. The number of aromatic hydroxyl groups is 1. The van der Waals surface area contributed by atoms with Gasteiger partial charge in [-0.25, -0.2) is 0 Å². The number of rotatable bonds is 5. The Balaban J connectivity index is 1.60. The van der Waals surface area contributed by atoms with Crippen LogP contribution in [0, 0.1) is 6.92 Å². The van der Waals surface area contributed by atoms with Gasteiger partial charge in [-0.15, -0.1) is 0 Å². The van der Waals surface area contributed by atoms with Gasteiger partial charge in [-0.1, -0.05) is 46.7 Å². The molecule has 0 saturated carbocycles. The average Bonchev–Trinajstić information content (AvgIpc) is 2.90. The third kappa shape index (κ3) is 4.21. The minimum absolute atomic E-state index is 0.133. The number of amides is 1. The van der Waals surface area contributed by atoms with Crippen LogP contribution in [-0.4, -0.2) is 50.7 Å². The quantitative estimate of drug-likeness (QED) is 0.234. The van der Waals surface area contributed by atoms with Gasteiger partial charge in [0.25, 0.3) is 5.56 Å². The number of H-pyrrole nitrogens is 1. The predicted octanol–water partition coefficient (Wildman–Crippen LogP) is 2.96. The van der Waals surface area contributed by atoms with Crippen LogP contribution in [0.4, 0.5) is 0 Å². The molecule has 0 bridgehead atoms. The largest absolute Gasteiger partial charge is 0.508 e. The zero-order valence-electron chi connectivity index (χ0n) is 21.6. The molecule has 198 valence electrons. The van der Waals surface area contributed by atoms with Crippen molar-refractivity contribution in [3.05, 3.63) is 98.5 Å². The van der Waals surface area contributed by atoms with Crippen LogP contribution < -0.4 is 11.4 Å². The molecule has 0 radical (unpaired) electrons. The Bertz CT molecular complexity index is 1450. The van der Waals surface area contributed by atoms with E-state index < -0.39 is 22.5 Å². The lowest BCUT2D eigenvalue weighted by Crippen LogP contribution is -2.71. The summed E-state index contributed by atoms with van der Waals surface area (Å²) < 4.78 is 0. The molecule has 2 aromatic carbocycles. The lowest BCUT2D eigenvalue weighted by Gasteiger charge is -2.60. The molecule has 38 heavy (non-hydrogen) atoms. The molecule has 2 aliphatic rings. The van der Waals surface area contributed by atoms with E-state index in [9.17, 15) is 19.8 Å². The number of hydrogen-bond donors (Lipinski definition) is 4. The number of hydrogen-bond acceptors (Lipinski definition) is 6. The first-order valence-corrected chi connectivity index (χ1v) is 12.9. The van der Waals surface area contributed by atoms with E-state index in [1.807, 2.05) is 38.1 Å². The highest BCUT2D eigenvalue weighted by Crippen LogP contribution is 2.53. The number of likely N-dealkylation sites (tertiary alicyclic amines) is 1. The number of benzene rings is 2. The van der Waals surface area contributed by atoms with Crippen molar-refractivity contribution in [3.8, 4) is 5.75 Å². The number of pyridine rings is 1. The number of aliphatic hydroxyl groups is 1. The lowest BCUT2D eigenvalue weighted by molar-refractivity contribution is -0.138. The smallest absolute Gasteiger partial charge is 0.302 e. The number of carbonyl (C=O) groups is 1. The number of nitrogens with two attached hydrogens (primary N) is 1. The minimum Gasteiger partial charge on any atom is -0.508 e. The maximum Gasteiger partial charge on any atom is 0.302 e. The summed E-state index contributed by atoms with van der Waals surface area (Å²) in [4.78, 5) is 30.4. The van der Waals surface area contributed by atoms with Gasteiger partial charge in [0, 0.05) is 36.5 Å². The number of nitrogens with zero attached hydrogens (tertiary/aromatic N) is 3. The van der Waals surface area contributed by atoms with Crippen molar-refractivity contribution in [2.45, 2.75) is 56.6 Å². The van der Waals surface area contributed by atoms with E-state index >= 15 is 0 Å². The van der Waals surface area contributed by atoms with Crippen molar-refractivity contribution in [3.63, 3.8) is 0 Å². The second-order valence-corrected chi connectivity index (χ2v) is 10.6. The summed E-state index contributed by atoms with van der Waals surface area (Å²) in [6.45, 7) is 5.55. The van der Waals surface area contributed by atoms with E-state index in [-0.39, 0.29) is 23.8 Å². The molecular formula is C29H33N5O4. The predicted molar refractivity (Wildman–Crippen MR) is 143 cm³/mol. The summed E-state index contributed by atoms with van der Waals surface area (Å²) >= 11 is 0. The maximum atomic E-state index is 12.8. The normalized spacial score (nSPS) is 25.2. The third-order valence-corrected chi connectivity index (χ3v) is 8.69. The van der Waals surface area contributed by atoms with E-state index in [4.69, 9.17) is 5.84 Å². The van der Waals surface area contributed by atoms with Gasteiger partial charge in [0.1, 0.15) is 11.3 Å². The molecule has 1 aromatic heterocycles. The number of fused-ring (bicyclic) bond motifs is 2. The van der Waals surface area contributed by atoms with E-state index in [1.165, 1.54) is 11.6 Å². The van der Waals surface area contributed by atoms with Crippen LogP contribution in [-0.2, 0) is 24.7 Å². The molecule has 1 saturated heterocycles. The first-order chi connectivity index (χ1) is 18.2. The molecule has 1 amide bonds. The lowest BCUT2D eigenvalue weighted by atomic mass is 9.53. The maximum absolute atomic E-state index is 12.8. The van der Waals surface area contributed by atoms with E-state index in [0.29, 0.717) is 24.1 Å². The van der Waals surface area contributed by atoms with Crippen LogP contribution in [0.15, 0.2) is 69.7 Å². The highest BCUT2D eigenvalue weighted by Gasteiger charge is 2.61. The molecule has 1 aliphatic heterocycles. The fraction of sp³-hybridized carbons (Fsp3) is 0.379. The van der Waals surface area contributed by atoms with E-state index in [2.05, 4.69) is 32.4 Å². The van der Waals surface area contributed by atoms with Crippen LogP contribution in [0.3, 0.4) is 0 Å². The van der Waals surface area contributed by atoms with Crippen LogP contribution >= 0.6 is 0 Å². The zero-order chi connectivity index (χ0) is 27.1. The summed E-state index contributed by atoms with van der Waals surface area (Å²) in [5.41, 5.74) is 1.70. The SMILES string of the molecule is Cc1ccc(O)cc1[C@]12CCN(CCc3ccccc3)C(C)[C@]1(O)Cc1cc(C(=O)N=NN)c(=O)[nH]c1C2. The monoisotopic (exact) mass is 515 g/mol. The van der Waals surface area contributed by atoms with Crippen molar-refractivity contribution in [2.24, 2.45) is 16.2 Å². The Labute approximate surface area is 221 Å². The van der Waals surface area contributed by atoms with Crippen molar-refractivity contribution < 1.29 is 15.0 Å². The van der Waals surface area contributed by atoms with Crippen LogP contribution in [0.5, 0.6) is 5.75 Å². The number of aryl methyl sites for hydroxylation is 1. The second-order valence-electron chi connectivity index (χ2n) is 10.6. The summed E-state index contributed by atoms with van der Waals surface area (Å²) in [6, 6.07) is 16.8.